The van der Waals surface area contributed by atoms with Gasteiger partial charge in [0.2, 0.25) is 0 Å². The molecule has 33 heavy (non-hydrogen) atoms. The number of hydrogen-bond donors (Lipinski definition) is 0. The molecule has 0 bridgehead atoms. The Morgan fingerprint density at radius 3 is 2.45 bits per heavy atom. The Labute approximate surface area is 194 Å². The highest BCUT2D eigenvalue weighted by Crippen LogP contribution is 2.34. The summed E-state index contributed by atoms with van der Waals surface area (Å²) in [6.45, 7) is 4.63. The fourth-order valence-electron chi connectivity index (χ4n) is 3.76. The first-order chi connectivity index (χ1) is 16.1. The summed E-state index contributed by atoms with van der Waals surface area (Å²) < 4.78 is 18.7. The fraction of sp³-hybridized carbons (Fsp3) is 0.179. The van der Waals surface area contributed by atoms with Crippen LogP contribution in [0.1, 0.15) is 28.5 Å². The molecule has 4 rings (SSSR count). The molecule has 0 aliphatic rings. The zero-order chi connectivity index (χ0) is 23.2. The highest BCUT2D eigenvalue weighted by Gasteiger charge is 2.15. The fourth-order valence-corrected chi connectivity index (χ4v) is 3.76. The summed E-state index contributed by atoms with van der Waals surface area (Å²) in [7, 11) is 1.65. The van der Waals surface area contributed by atoms with Crippen molar-refractivity contribution in [1.29, 1.82) is 0 Å². The molecule has 5 nitrogen and oxygen atoms in total. The molecule has 0 aliphatic heterocycles. The molecule has 1 heterocycles. The molecular weight excluding hydrogens is 414 g/mol. The molecule has 168 valence electrons. The number of hydrogen-bond acceptors (Lipinski definition) is 4. The lowest BCUT2D eigenvalue weighted by atomic mass is 10.1. The Bertz CT molecular complexity index is 1240. The monoisotopic (exact) mass is 441 g/mol. The van der Waals surface area contributed by atoms with E-state index < -0.39 is 0 Å². The summed E-state index contributed by atoms with van der Waals surface area (Å²) in [5.41, 5.74) is 5.48. The quantitative estimate of drug-likeness (QED) is 0.305. The predicted octanol–water partition coefficient (Wildman–Crippen LogP) is 6.22. The van der Waals surface area contributed by atoms with E-state index in [4.69, 9.17) is 14.2 Å². The first kappa shape index (κ1) is 22.2. The van der Waals surface area contributed by atoms with E-state index in [1.807, 2.05) is 73.7 Å². The molecule has 5 heteroatoms. The van der Waals surface area contributed by atoms with E-state index in [2.05, 4.69) is 16.7 Å². The van der Waals surface area contributed by atoms with Gasteiger partial charge >= 0.3 is 5.97 Å². The normalized spacial score (nSPS) is 10.6. The lowest BCUT2D eigenvalue weighted by Crippen LogP contribution is -2.07. The van der Waals surface area contributed by atoms with Crippen LogP contribution in [0.15, 0.2) is 84.9 Å². The summed E-state index contributed by atoms with van der Waals surface area (Å²) in [6.07, 6.45) is 0. The largest absolute Gasteiger partial charge is 0.497 e. The van der Waals surface area contributed by atoms with Crippen molar-refractivity contribution >= 4 is 5.97 Å². The Hall–Kier alpha value is -3.99. The van der Waals surface area contributed by atoms with Crippen molar-refractivity contribution in [2.45, 2.75) is 20.5 Å². The van der Waals surface area contributed by atoms with Crippen LogP contribution in [-0.2, 0) is 11.3 Å². The van der Waals surface area contributed by atoms with Crippen LogP contribution in [0.5, 0.6) is 11.5 Å². The first-order valence-corrected chi connectivity index (χ1v) is 10.9. The second kappa shape index (κ2) is 10.1. The maximum absolute atomic E-state index is 12.3. The number of aryl methyl sites for hydroxylation is 1. The second-order valence-electron chi connectivity index (χ2n) is 7.60. The van der Waals surface area contributed by atoms with E-state index in [0.29, 0.717) is 18.8 Å². The number of carbonyl (C=O) groups excluding carboxylic acids is 1. The Morgan fingerprint density at radius 1 is 0.909 bits per heavy atom. The van der Waals surface area contributed by atoms with Gasteiger partial charge in [-0.05, 0) is 74.0 Å². The molecular formula is C28H27NO4. The van der Waals surface area contributed by atoms with E-state index >= 15 is 0 Å². The highest BCUT2D eigenvalue weighted by atomic mass is 16.5. The number of para-hydroxylation sites is 1. The SMILES string of the molecule is CCOC(=O)c1cccc(-n2c(C)ccc2-c2ccccc2OCc2ccc(OC)cc2)c1. The third kappa shape index (κ3) is 4.93. The van der Waals surface area contributed by atoms with Gasteiger partial charge in [0.1, 0.15) is 18.1 Å². The van der Waals surface area contributed by atoms with Crippen molar-refractivity contribution in [2.24, 2.45) is 0 Å². The predicted molar refractivity (Wildman–Crippen MR) is 129 cm³/mol. The van der Waals surface area contributed by atoms with Crippen molar-refractivity contribution in [1.82, 2.24) is 4.57 Å². The first-order valence-electron chi connectivity index (χ1n) is 10.9. The maximum atomic E-state index is 12.3. The van der Waals surface area contributed by atoms with E-state index in [0.717, 1.165) is 39.7 Å². The molecule has 1 aromatic heterocycles. The van der Waals surface area contributed by atoms with Crippen LogP contribution in [-0.4, -0.2) is 24.3 Å². The van der Waals surface area contributed by atoms with Crippen LogP contribution in [0, 0.1) is 6.92 Å². The maximum Gasteiger partial charge on any atom is 0.338 e. The van der Waals surface area contributed by atoms with Gasteiger partial charge in [-0.1, -0.05) is 30.3 Å². The minimum atomic E-state index is -0.325. The minimum Gasteiger partial charge on any atom is -0.497 e. The van der Waals surface area contributed by atoms with E-state index in [1.54, 1.807) is 20.1 Å². The Morgan fingerprint density at radius 2 is 1.70 bits per heavy atom. The second-order valence-corrected chi connectivity index (χ2v) is 7.60. The summed E-state index contributed by atoms with van der Waals surface area (Å²) in [5, 5.41) is 0. The molecule has 0 N–H and O–H groups in total. The van der Waals surface area contributed by atoms with Gasteiger partial charge in [0.25, 0.3) is 0 Å². The average Bonchev–Trinajstić information content (AvgIpc) is 3.24. The van der Waals surface area contributed by atoms with Crippen molar-refractivity contribution < 1.29 is 19.0 Å². The smallest absolute Gasteiger partial charge is 0.338 e. The van der Waals surface area contributed by atoms with Crippen molar-refractivity contribution in [3.63, 3.8) is 0 Å². The summed E-state index contributed by atoms with van der Waals surface area (Å²) in [6, 6.07) is 27.4. The van der Waals surface area contributed by atoms with Crippen LogP contribution < -0.4 is 9.47 Å². The minimum absolute atomic E-state index is 0.325. The molecule has 0 unspecified atom stereocenters. The number of aromatic nitrogens is 1. The molecule has 0 spiro atoms. The van der Waals surface area contributed by atoms with Gasteiger partial charge in [0, 0.05) is 16.9 Å². The van der Waals surface area contributed by atoms with Crippen molar-refractivity contribution in [3.8, 4) is 28.4 Å². The lowest BCUT2D eigenvalue weighted by molar-refractivity contribution is 0.0526. The van der Waals surface area contributed by atoms with Crippen LogP contribution in [0.3, 0.4) is 0 Å². The van der Waals surface area contributed by atoms with Gasteiger partial charge in [0.05, 0.1) is 25.0 Å². The summed E-state index contributed by atoms with van der Waals surface area (Å²) in [5.74, 6) is 1.28. The number of methoxy groups -OCH3 is 1. The molecule has 0 saturated heterocycles. The summed E-state index contributed by atoms with van der Waals surface area (Å²) >= 11 is 0. The number of rotatable bonds is 8. The number of benzene rings is 3. The molecule has 0 saturated carbocycles. The molecule has 0 fully saturated rings. The highest BCUT2D eigenvalue weighted by molar-refractivity contribution is 5.90. The molecule has 0 aliphatic carbocycles. The number of esters is 1. The molecule has 4 aromatic rings. The Kier molecular flexibility index (Phi) is 6.79. The molecule has 0 radical (unpaired) electrons. The van der Waals surface area contributed by atoms with Crippen LogP contribution in [0.2, 0.25) is 0 Å². The molecule has 0 atom stereocenters. The van der Waals surface area contributed by atoms with Crippen molar-refractivity contribution in [2.75, 3.05) is 13.7 Å². The van der Waals surface area contributed by atoms with Crippen LogP contribution >= 0.6 is 0 Å². The number of nitrogens with zero attached hydrogens (tertiary/aromatic N) is 1. The molecule has 3 aromatic carbocycles. The van der Waals surface area contributed by atoms with E-state index in [9.17, 15) is 4.79 Å². The third-order valence-corrected chi connectivity index (χ3v) is 5.41. The number of carbonyl (C=O) groups is 1. The summed E-state index contributed by atoms with van der Waals surface area (Å²) in [4.78, 5) is 12.3. The standard InChI is InChI=1S/C28H27NO4/c1-4-32-28(30)22-8-7-9-23(18-22)29-20(2)12-17-26(29)25-10-5-6-11-27(25)33-19-21-13-15-24(31-3)16-14-21/h5-18H,4,19H2,1-3H3. The number of ether oxygens (including phenoxy) is 3. The van der Waals surface area contributed by atoms with Gasteiger partial charge in [-0.25, -0.2) is 4.79 Å². The van der Waals surface area contributed by atoms with Gasteiger partial charge in [-0.3, -0.25) is 0 Å². The average molecular weight is 442 g/mol. The van der Waals surface area contributed by atoms with Gasteiger partial charge in [0.15, 0.2) is 0 Å². The zero-order valence-electron chi connectivity index (χ0n) is 19.1. The lowest BCUT2D eigenvalue weighted by Gasteiger charge is -2.16. The van der Waals surface area contributed by atoms with E-state index in [-0.39, 0.29) is 5.97 Å². The van der Waals surface area contributed by atoms with Crippen molar-refractivity contribution in [3.05, 3.63) is 102 Å². The van der Waals surface area contributed by atoms with Crippen LogP contribution in [0.4, 0.5) is 0 Å². The van der Waals surface area contributed by atoms with Gasteiger partial charge in [-0.15, -0.1) is 0 Å². The molecule has 0 amide bonds. The van der Waals surface area contributed by atoms with Gasteiger partial charge < -0.3 is 18.8 Å². The van der Waals surface area contributed by atoms with E-state index in [1.165, 1.54) is 0 Å². The van der Waals surface area contributed by atoms with Crippen LogP contribution in [0.25, 0.3) is 16.9 Å². The van der Waals surface area contributed by atoms with Gasteiger partial charge in [-0.2, -0.15) is 0 Å². The zero-order valence-corrected chi connectivity index (χ0v) is 19.1. The topological polar surface area (TPSA) is 49.7 Å². The Balaban J connectivity index is 1.66. The third-order valence-electron chi connectivity index (χ3n) is 5.41.